The number of hydrogen-bond acceptors (Lipinski definition) is 5. The van der Waals surface area contributed by atoms with Crippen molar-refractivity contribution in [2.75, 3.05) is 11.5 Å². The third kappa shape index (κ3) is 4.49. The zero-order chi connectivity index (χ0) is 25.3. The van der Waals surface area contributed by atoms with Crippen molar-refractivity contribution in [3.05, 3.63) is 93.5 Å². The summed E-state index contributed by atoms with van der Waals surface area (Å²) < 4.78 is 5.58. The summed E-state index contributed by atoms with van der Waals surface area (Å²) in [5.41, 5.74) is 3.19. The number of hydrogen-bond donors (Lipinski definition) is 2. The first-order valence-electron chi connectivity index (χ1n) is 11.4. The molecule has 7 heteroatoms. The van der Waals surface area contributed by atoms with Crippen LogP contribution in [0.5, 0.6) is 11.5 Å². The van der Waals surface area contributed by atoms with Crippen molar-refractivity contribution in [2.24, 2.45) is 0 Å². The fourth-order valence-corrected chi connectivity index (χ4v) is 4.46. The average Bonchev–Trinajstić information content (AvgIpc) is 3.12. The van der Waals surface area contributed by atoms with E-state index in [1.165, 1.54) is 17.0 Å². The summed E-state index contributed by atoms with van der Waals surface area (Å²) in [6.45, 7) is 6.24. The molecule has 3 aromatic carbocycles. The normalized spacial score (nSPS) is 17.1. The third-order valence-electron chi connectivity index (χ3n) is 6.10. The van der Waals surface area contributed by atoms with Gasteiger partial charge in [-0.3, -0.25) is 14.5 Å². The van der Waals surface area contributed by atoms with E-state index in [9.17, 15) is 19.8 Å². The van der Waals surface area contributed by atoms with E-state index in [2.05, 4.69) is 0 Å². The van der Waals surface area contributed by atoms with Crippen LogP contribution in [0.2, 0.25) is 5.02 Å². The number of aromatic hydroxyl groups is 1. The van der Waals surface area contributed by atoms with E-state index < -0.39 is 17.7 Å². The SMILES string of the molecule is CCOc1ccc(/C(O)=C2/C(=O)C(=O)N(c3ccc(CC)cc3)C2c2ccc(O)c(Cl)c2)cc1C. The number of aliphatic hydroxyl groups excluding tert-OH is 1. The maximum atomic E-state index is 13.3. The van der Waals surface area contributed by atoms with Gasteiger partial charge in [-0.25, -0.2) is 0 Å². The quantitative estimate of drug-likeness (QED) is 0.253. The Morgan fingerprint density at radius 1 is 1.03 bits per heavy atom. The van der Waals surface area contributed by atoms with Crippen LogP contribution in [0, 0.1) is 6.92 Å². The molecule has 3 aromatic rings. The number of ether oxygens (including phenoxy) is 1. The Morgan fingerprint density at radius 2 is 1.74 bits per heavy atom. The van der Waals surface area contributed by atoms with Gasteiger partial charge in [0.05, 0.1) is 23.2 Å². The van der Waals surface area contributed by atoms with E-state index in [0.29, 0.717) is 29.2 Å². The minimum absolute atomic E-state index is 0.0557. The Morgan fingerprint density at radius 3 is 2.34 bits per heavy atom. The largest absolute Gasteiger partial charge is 0.507 e. The van der Waals surface area contributed by atoms with Crippen LogP contribution in [-0.4, -0.2) is 28.5 Å². The molecular formula is C28H26ClNO5. The minimum Gasteiger partial charge on any atom is -0.507 e. The predicted octanol–water partition coefficient (Wildman–Crippen LogP) is 5.94. The molecule has 180 valence electrons. The van der Waals surface area contributed by atoms with Crippen molar-refractivity contribution in [1.82, 2.24) is 0 Å². The smallest absolute Gasteiger partial charge is 0.300 e. The molecule has 1 amide bonds. The maximum absolute atomic E-state index is 13.3. The van der Waals surface area contributed by atoms with E-state index in [0.717, 1.165) is 17.5 Å². The summed E-state index contributed by atoms with van der Waals surface area (Å²) in [6.07, 6.45) is 0.827. The van der Waals surface area contributed by atoms with Crippen molar-refractivity contribution in [3.63, 3.8) is 0 Å². The van der Waals surface area contributed by atoms with Gasteiger partial charge in [-0.1, -0.05) is 36.7 Å². The molecule has 6 nitrogen and oxygen atoms in total. The number of amides is 1. The molecular weight excluding hydrogens is 466 g/mol. The first kappa shape index (κ1) is 24.4. The first-order valence-corrected chi connectivity index (χ1v) is 11.8. The van der Waals surface area contributed by atoms with Gasteiger partial charge in [-0.15, -0.1) is 0 Å². The second-order valence-electron chi connectivity index (χ2n) is 8.31. The molecule has 1 fully saturated rings. The summed E-state index contributed by atoms with van der Waals surface area (Å²) in [7, 11) is 0. The van der Waals surface area contributed by atoms with Crippen molar-refractivity contribution >= 4 is 34.7 Å². The van der Waals surface area contributed by atoms with Gasteiger partial charge >= 0.3 is 0 Å². The molecule has 0 aliphatic carbocycles. The highest BCUT2D eigenvalue weighted by atomic mass is 35.5. The van der Waals surface area contributed by atoms with Crippen molar-refractivity contribution in [2.45, 2.75) is 33.2 Å². The van der Waals surface area contributed by atoms with Crippen molar-refractivity contribution in [3.8, 4) is 11.5 Å². The Hall–Kier alpha value is -3.77. The van der Waals surface area contributed by atoms with Gasteiger partial charge in [0.25, 0.3) is 11.7 Å². The van der Waals surface area contributed by atoms with Crippen LogP contribution in [0.25, 0.3) is 5.76 Å². The lowest BCUT2D eigenvalue weighted by Crippen LogP contribution is -2.29. The molecule has 0 bridgehead atoms. The topological polar surface area (TPSA) is 87.1 Å². The monoisotopic (exact) mass is 491 g/mol. The third-order valence-corrected chi connectivity index (χ3v) is 6.41. The molecule has 1 saturated heterocycles. The molecule has 1 aliphatic rings. The fraction of sp³-hybridized carbons (Fsp3) is 0.214. The van der Waals surface area contributed by atoms with E-state index in [-0.39, 0.29) is 22.1 Å². The molecule has 0 spiro atoms. The lowest BCUT2D eigenvalue weighted by Gasteiger charge is -2.26. The standard InChI is InChI=1S/C28H26ClNO5/c1-4-17-6-10-20(11-7-17)30-25(18-8-12-22(31)21(29)15-18)24(27(33)28(30)34)26(32)19-9-13-23(35-5-2)16(3)14-19/h6-15,25,31-32H,4-5H2,1-3H3/b26-24-. The molecule has 4 rings (SSSR count). The molecule has 0 saturated carbocycles. The summed E-state index contributed by atoms with van der Waals surface area (Å²) in [5, 5.41) is 21.3. The van der Waals surface area contributed by atoms with Gasteiger partial charge in [0, 0.05) is 11.3 Å². The number of Topliss-reactive ketones (excluding diaryl/α,β-unsaturated/α-hetero) is 1. The number of aliphatic hydroxyl groups is 1. The molecule has 1 unspecified atom stereocenters. The van der Waals surface area contributed by atoms with Crippen LogP contribution in [0.4, 0.5) is 5.69 Å². The summed E-state index contributed by atoms with van der Waals surface area (Å²) in [5.74, 6) is -1.31. The van der Waals surface area contributed by atoms with Gasteiger partial charge < -0.3 is 14.9 Å². The number of aryl methyl sites for hydroxylation is 2. The van der Waals surface area contributed by atoms with E-state index >= 15 is 0 Å². The van der Waals surface area contributed by atoms with E-state index in [1.807, 2.05) is 32.9 Å². The van der Waals surface area contributed by atoms with E-state index in [4.69, 9.17) is 16.3 Å². The molecule has 35 heavy (non-hydrogen) atoms. The number of halogens is 1. The molecule has 0 aromatic heterocycles. The molecule has 2 N–H and O–H groups in total. The van der Waals surface area contributed by atoms with Crippen LogP contribution in [0.1, 0.15) is 42.1 Å². The van der Waals surface area contributed by atoms with Crippen LogP contribution in [-0.2, 0) is 16.0 Å². The molecule has 0 radical (unpaired) electrons. The van der Waals surface area contributed by atoms with Gasteiger partial charge in [-0.05, 0) is 79.4 Å². The number of anilines is 1. The number of ketones is 1. The van der Waals surface area contributed by atoms with E-state index in [1.54, 1.807) is 36.4 Å². The lowest BCUT2D eigenvalue weighted by atomic mass is 9.94. The highest BCUT2D eigenvalue weighted by molar-refractivity contribution is 6.51. The molecule has 1 aliphatic heterocycles. The Balaban J connectivity index is 1.91. The number of phenolic OH excluding ortho intramolecular Hbond substituents is 1. The van der Waals surface area contributed by atoms with Gasteiger partial charge in [0.2, 0.25) is 0 Å². The molecule has 1 heterocycles. The van der Waals surface area contributed by atoms with Crippen LogP contribution in [0.3, 0.4) is 0 Å². The van der Waals surface area contributed by atoms with Crippen LogP contribution in [0.15, 0.2) is 66.2 Å². The van der Waals surface area contributed by atoms with Gasteiger partial charge in [-0.2, -0.15) is 0 Å². The highest BCUT2D eigenvalue weighted by Crippen LogP contribution is 2.43. The number of phenols is 1. The van der Waals surface area contributed by atoms with Crippen molar-refractivity contribution < 1.29 is 24.5 Å². The minimum atomic E-state index is -0.938. The summed E-state index contributed by atoms with van der Waals surface area (Å²) in [4.78, 5) is 27.9. The van der Waals surface area contributed by atoms with Crippen molar-refractivity contribution in [1.29, 1.82) is 0 Å². The second kappa shape index (κ2) is 9.84. The Kier molecular flexibility index (Phi) is 6.85. The summed E-state index contributed by atoms with van der Waals surface area (Å²) in [6, 6.07) is 16.0. The van der Waals surface area contributed by atoms with Gasteiger partial charge in [0.15, 0.2) is 0 Å². The fourth-order valence-electron chi connectivity index (χ4n) is 4.27. The Labute approximate surface area is 209 Å². The average molecular weight is 492 g/mol. The second-order valence-corrected chi connectivity index (χ2v) is 8.72. The summed E-state index contributed by atoms with van der Waals surface area (Å²) >= 11 is 6.18. The number of nitrogens with zero attached hydrogens (tertiary/aromatic N) is 1. The number of carbonyl (C=O) groups excluding carboxylic acids is 2. The first-order chi connectivity index (χ1) is 16.8. The zero-order valence-electron chi connectivity index (χ0n) is 19.7. The van der Waals surface area contributed by atoms with Crippen LogP contribution < -0.4 is 9.64 Å². The number of benzene rings is 3. The zero-order valence-corrected chi connectivity index (χ0v) is 20.5. The van der Waals surface area contributed by atoms with Gasteiger partial charge in [0.1, 0.15) is 17.3 Å². The predicted molar refractivity (Wildman–Crippen MR) is 136 cm³/mol. The highest BCUT2D eigenvalue weighted by Gasteiger charge is 2.47. The van der Waals surface area contributed by atoms with Crippen LogP contribution >= 0.6 is 11.6 Å². The number of carbonyl (C=O) groups is 2. The Bertz CT molecular complexity index is 1330. The maximum Gasteiger partial charge on any atom is 0.300 e. The molecule has 1 atom stereocenters. The lowest BCUT2D eigenvalue weighted by molar-refractivity contribution is -0.132. The number of rotatable bonds is 6.